The maximum Gasteiger partial charge on any atom is 0.407 e. The molecule has 2 aliphatic rings. The third-order valence-electron chi connectivity index (χ3n) is 9.62. The zero-order chi connectivity index (χ0) is 34.9. The SMILES string of the molecule is COC(=O)[C@@H]1Cc2c([nH]c3ccccc23)[C@H](c2cc(OC)c(OC)c(OC)c2)N1C(=O)CNC(=O)OCC1c2ccccc2-c2ccccc21. The summed E-state index contributed by atoms with van der Waals surface area (Å²) in [4.78, 5) is 45.8. The summed E-state index contributed by atoms with van der Waals surface area (Å²) < 4.78 is 27.8. The van der Waals surface area contributed by atoms with Gasteiger partial charge in [-0.2, -0.15) is 0 Å². The number of alkyl carbamates (subject to hydrolysis) is 1. The van der Waals surface area contributed by atoms with E-state index < -0.39 is 36.6 Å². The van der Waals surface area contributed by atoms with Crippen molar-refractivity contribution in [1.82, 2.24) is 15.2 Å². The van der Waals surface area contributed by atoms with Gasteiger partial charge in [-0.15, -0.1) is 0 Å². The number of carbonyl (C=O) groups is 3. The number of nitrogens with one attached hydrogen (secondary N) is 2. The summed E-state index contributed by atoms with van der Waals surface area (Å²) in [6.45, 7) is -0.338. The standard InChI is InChI=1S/C39H37N3O8/c1-46-32-17-22(18-33(47-2)37(32)48-3)36-35-28(27-15-9-10-16-30(27)41-35)19-31(38(44)49-4)42(36)34(43)20-40-39(45)50-21-29-25-13-7-5-11-23(25)24-12-6-8-14-26(24)29/h5-18,29,31,36,41H,19-21H2,1-4H3,(H,40,45)/t31-,36-/m0/s1. The minimum atomic E-state index is -1.01. The Bertz CT molecular complexity index is 2040. The number of nitrogens with zero attached hydrogens (tertiary/aromatic N) is 1. The zero-order valence-corrected chi connectivity index (χ0v) is 28.1. The Morgan fingerprint density at radius 3 is 2.06 bits per heavy atom. The van der Waals surface area contributed by atoms with Gasteiger partial charge in [-0.1, -0.05) is 66.7 Å². The van der Waals surface area contributed by atoms with Gasteiger partial charge in [0, 0.05) is 28.9 Å². The van der Waals surface area contributed by atoms with E-state index in [1.165, 1.54) is 33.3 Å². The summed E-state index contributed by atoms with van der Waals surface area (Å²) in [5, 5.41) is 3.56. The van der Waals surface area contributed by atoms with E-state index in [9.17, 15) is 14.4 Å². The Balaban J connectivity index is 1.20. The van der Waals surface area contributed by atoms with Crippen LogP contribution in [0, 0.1) is 0 Å². The molecule has 4 aromatic carbocycles. The van der Waals surface area contributed by atoms with E-state index in [-0.39, 0.29) is 18.9 Å². The average molecular weight is 676 g/mol. The molecule has 2 heterocycles. The number of H-pyrrole nitrogens is 1. The number of aromatic nitrogens is 1. The first-order chi connectivity index (χ1) is 24.4. The summed E-state index contributed by atoms with van der Waals surface area (Å²) in [5.74, 6) is -0.109. The van der Waals surface area contributed by atoms with Crippen LogP contribution in [0.2, 0.25) is 0 Å². The lowest BCUT2D eigenvalue weighted by atomic mass is 9.87. The van der Waals surface area contributed by atoms with Crippen molar-refractivity contribution in [3.8, 4) is 28.4 Å². The van der Waals surface area contributed by atoms with Crippen LogP contribution in [0.3, 0.4) is 0 Å². The molecule has 256 valence electrons. The van der Waals surface area contributed by atoms with Crippen LogP contribution in [0.25, 0.3) is 22.0 Å². The number of hydrogen-bond acceptors (Lipinski definition) is 8. The molecule has 0 saturated heterocycles. The normalized spacial score (nSPS) is 16.2. The molecule has 11 nitrogen and oxygen atoms in total. The van der Waals surface area contributed by atoms with Gasteiger partial charge in [0.25, 0.3) is 0 Å². The van der Waals surface area contributed by atoms with Gasteiger partial charge < -0.3 is 38.9 Å². The number of benzene rings is 4. The number of fused-ring (bicyclic) bond motifs is 6. The molecule has 1 aliphatic carbocycles. The number of amides is 2. The summed E-state index contributed by atoms with van der Waals surface area (Å²) in [6, 6.07) is 25.5. The van der Waals surface area contributed by atoms with Crippen LogP contribution in [-0.2, 0) is 25.5 Å². The molecule has 2 N–H and O–H groups in total. The Labute approximate surface area is 289 Å². The van der Waals surface area contributed by atoms with E-state index >= 15 is 0 Å². The van der Waals surface area contributed by atoms with Crippen LogP contribution >= 0.6 is 0 Å². The van der Waals surface area contributed by atoms with Gasteiger partial charge in [-0.05, 0) is 51.6 Å². The van der Waals surface area contributed by atoms with Gasteiger partial charge in [0.05, 0.1) is 34.5 Å². The third-order valence-corrected chi connectivity index (χ3v) is 9.62. The first-order valence-electron chi connectivity index (χ1n) is 16.3. The number of rotatable bonds is 9. The molecule has 0 saturated carbocycles. The molecular formula is C39H37N3O8. The summed E-state index contributed by atoms with van der Waals surface area (Å²) in [6.07, 6.45) is -0.550. The largest absolute Gasteiger partial charge is 0.493 e. The van der Waals surface area contributed by atoms with E-state index in [1.54, 1.807) is 12.1 Å². The second kappa shape index (κ2) is 13.5. The highest BCUT2D eigenvalue weighted by Crippen LogP contribution is 2.47. The van der Waals surface area contributed by atoms with Crippen molar-refractivity contribution in [3.05, 3.63) is 113 Å². The second-order valence-corrected chi connectivity index (χ2v) is 12.1. The molecule has 5 aromatic rings. The van der Waals surface area contributed by atoms with Gasteiger partial charge in [-0.25, -0.2) is 9.59 Å². The molecule has 7 rings (SSSR count). The number of aromatic amines is 1. The van der Waals surface area contributed by atoms with E-state index in [4.69, 9.17) is 23.7 Å². The molecule has 0 bridgehead atoms. The number of carbonyl (C=O) groups excluding carboxylic acids is 3. The molecule has 0 unspecified atom stereocenters. The number of methoxy groups -OCH3 is 4. The Morgan fingerprint density at radius 2 is 1.44 bits per heavy atom. The van der Waals surface area contributed by atoms with Crippen LogP contribution in [0.1, 0.15) is 39.9 Å². The van der Waals surface area contributed by atoms with Crippen LogP contribution in [-0.4, -0.2) is 75.5 Å². The van der Waals surface area contributed by atoms with Crippen LogP contribution < -0.4 is 19.5 Å². The fourth-order valence-corrected chi connectivity index (χ4v) is 7.41. The van der Waals surface area contributed by atoms with Crippen LogP contribution in [0.4, 0.5) is 4.79 Å². The number of ether oxygens (including phenoxy) is 5. The van der Waals surface area contributed by atoms with E-state index in [1.807, 2.05) is 60.7 Å². The first-order valence-corrected chi connectivity index (χ1v) is 16.3. The molecule has 1 aromatic heterocycles. The van der Waals surface area contributed by atoms with E-state index in [2.05, 4.69) is 22.4 Å². The highest BCUT2D eigenvalue weighted by molar-refractivity contribution is 5.92. The monoisotopic (exact) mass is 675 g/mol. The van der Waals surface area contributed by atoms with Gasteiger partial charge in [-0.3, -0.25) is 4.79 Å². The topological polar surface area (TPSA) is 128 Å². The second-order valence-electron chi connectivity index (χ2n) is 12.1. The van der Waals surface area contributed by atoms with Gasteiger partial charge in [0.2, 0.25) is 11.7 Å². The van der Waals surface area contributed by atoms with Crippen molar-refractivity contribution in [1.29, 1.82) is 0 Å². The molecule has 0 fully saturated rings. The summed E-state index contributed by atoms with van der Waals surface area (Å²) in [7, 11) is 5.82. The Morgan fingerprint density at radius 1 is 0.820 bits per heavy atom. The Kier molecular flexibility index (Phi) is 8.80. The number of hydrogen-bond donors (Lipinski definition) is 2. The molecule has 2 amide bonds. The lowest BCUT2D eigenvalue weighted by molar-refractivity contribution is -0.154. The number of para-hydroxylation sites is 1. The maximum absolute atomic E-state index is 14.3. The highest BCUT2D eigenvalue weighted by atomic mass is 16.6. The maximum atomic E-state index is 14.3. The molecular weight excluding hydrogens is 638 g/mol. The predicted octanol–water partition coefficient (Wildman–Crippen LogP) is 5.75. The minimum Gasteiger partial charge on any atom is -0.493 e. The molecule has 11 heteroatoms. The first kappa shape index (κ1) is 32.6. The zero-order valence-electron chi connectivity index (χ0n) is 28.1. The summed E-state index contributed by atoms with van der Waals surface area (Å²) in [5.41, 5.74) is 7.42. The lowest BCUT2D eigenvalue weighted by Gasteiger charge is -2.41. The smallest absolute Gasteiger partial charge is 0.407 e. The molecule has 0 spiro atoms. The van der Waals surface area contributed by atoms with Gasteiger partial charge in [0.1, 0.15) is 19.2 Å². The molecule has 2 atom stereocenters. The lowest BCUT2D eigenvalue weighted by Crippen LogP contribution is -2.54. The Hall–Kier alpha value is -5.97. The highest BCUT2D eigenvalue weighted by Gasteiger charge is 2.44. The van der Waals surface area contributed by atoms with Crippen molar-refractivity contribution >= 4 is 28.9 Å². The van der Waals surface area contributed by atoms with Crippen molar-refractivity contribution < 1.29 is 38.1 Å². The van der Waals surface area contributed by atoms with E-state index in [0.29, 0.717) is 22.8 Å². The van der Waals surface area contributed by atoms with Gasteiger partial charge in [0.15, 0.2) is 11.5 Å². The average Bonchev–Trinajstić information content (AvgIpc) is 3.69. The van der Waals surface area contributed by atoms with Crippen molar-refractivity contribution in [3.63, 3.8) is 0 Å². The summed E-state index contributed by atoms with van der Waals surface area (Å²) >= 11 is 0. The fraction of sp³-hybridized carbons (Fsp3) is 0.256. The van der Waals surface area contributed by atoms with Gasteiger partial charge >= 0.3 is 12.1 Å². The third kappa shape index (κ3) is 5.54. The van der Waals surface area contributed by atoms with E-state index in [0.717, 1.165) is 44.4 Å². The minimum absolute atomic E-state index is 0.0923. The van der Waals surface area contributed by atoms with Crippen molar-refractivity contribution in [2.75, 3.05) is 41.6 Å². The molecule has 1 aliphatic heterocycles. The predicted molar refractivity (Wildman–Crippen MR) is 186 cm³/mol. The van der Waals surface area contributed by atoms with Crippen LogP contribution in [0.5, 0.6) is 17.2 Å². The quantitative estimate of drug-likeness (QED) is 0.189. The van der Waals surface area contributed by atoms with Crippen molar-refractivity contribution in [2.24, 2.45) is 0 Å². The fourth-order valence-electron chi connectivity index (χ4n) is 7.41. The van der Waals surface area contributed by atoms with Crippen molar-refractivity contribution in [2.45, 2.75) is 24.4 Å². The van der Waals surface area contributed by atoms with Crippen LogP contribution in [0.15, 0.2) is 84.9 Å². The molecule has 50 heavy (non-hydrogen) atoms. The molecule has 0 radical (unpaired) electrons. The number of esters is 1.